The largest absolute Gasteiger partial charge is 0.460 e. The van der Waals surface area contributed by atoms with Crippen molar-refractivity contribution in [3.8, 4) is 0 Å². The van der Waals surface area contributed by atoms with Crippen molar-refractivity contribution in [3.63, 3.8) is 0 Å². The number of rotatable bonds is 2. The number of hydrogen-bond acceptors (Lipinski definition) is 4. The van der Waals surface area contributed by atoms with E-state index in [2.05, 4.69) is 0 Å². The van der Waals surface area contributed by atoms with Gasteiger partial charge in [0.25, 0.3) is 0 Å². The Balaban J connectivity index is 2.57. The molecule has 1 aromatic carbocycles. The van der Waals surface area contributed by atoms with E-state index in [0.29, 0.717) is 12.0 Å². The predicted molar refractivity (Wildman–Crippen MR) is 56.6 cm³/mol. The van der Waals surface area contributed by atoms with E-state index in [4.69, 9.17) is 14.9 Å². The average molecular weight is 205 g/mol. The van der Waals surface area contributed by atoms with Crippen LogP contribution in [0.15, 0.2) is 28.7 Å². The summed E-state index contributed by atoms with van der Waals surface area (Å²) in [5.41, 5.74) is 5.64. The first-order chi connectivity index (χ1) is 7.24. The number of anilines is 1. The summed E-state index contributed by atoms with van der Waals surface area (Å²) in [5.74, 6) is -0.0657. The Morgan fingerprint density at radius 3 is 2.73 bits per heavy atom. The van der Waals surface area contributed by atoms with E-state index in [1.54, 1.807) is 19.1 Å². The summed E-state index contributed by atoms with van der Waals surface area (Å²) in [6, 6.07) is 7.24. The summed E-state index contributed by atoms with van der Waals surface area (Å²) >= 11 is 0. The van der Waals surface area contributed by atoms with Crippen molar-refractivity contribution in [2.45, 2.75) is 6.92 Å². The third-order valence-electron chi connectivity index (χ3n) is 2.11. The van der Waals surface area contributed by atoms with Crippen LogP contribution in [0.25, 0.3) is 10.8 Å². The number of benzene rings is 1. The van der Waals surface area contributed by atoms with Gasteiger partial charge in [0.05, 0.1) is 6.61 Å². The van der Waals surface area contributed by atoms with Gasteiger partial charge in [0.2, 0.25) is 5.76 Å². The molecule has 2 aromatic rings. The standard InChI is InChI=1S/C11H11NO3/c1-2-14-11(13)9-7-5-3-4-6-8(7)10(12)15-9/h3-6H,2,12H2,1H3. The number of furan rings is 1. The van der Waals surface area contributed by atoms with Gasteiger partial charge in [-0.2, -0.15) is 0 Å². The molecule has 0 radical (unpaired) electrons. The van der Waals surface area contributed by atoms with E-state index in [1.807, 2.05) is 12.1 Å². The molecular weight excluding hydrogens is 194 g/mol. The number of ether oxygens (including phenoxy) is 1. The molecule has 0 amide bonds. The molecule has 0 atom stereocenters. The molecule has 4 nitrogen and oxygen atoms in total. The van der Waals surface area contributed by atoms with Crippen LogP contribution in [0.3, 0.4) is 0 Å². The molecule has 0 spiro atoms. The number of fused-ring (bicyclic) bond motifs is 1. The van der Waals surface area contributed by atoms with Gasteiger partial charge in [-0.1, -0.05) is 18.2 Å². The first-order valence-electron chi connectivity index (χ1n) is 4.68. The van der Waals surface area contributed by atoms with Crippen molar-refractivity contribution < 1.29 is 13.9 Å². The Kier molecular flexibility index (Phi) is 2.33. The van der Waals surface area contributed by atoms with E-state index in [0.717, 1.165) is 5.39 Å². The smallest absolute Gasteiger partial charge is 0.374 e. The summed E-state index contributed by atoms with van der Waals surface area (Å²) < 4.78 is 10.0. The minimum Gasteiger partial charge on any atom is -0.460 e. The number of carbonyl (C=O) groups excluding carboxylic acids is 1. The Hall–Kier alpha value is -1.97. The molecule has 0 saturated heterocycles. The molecule has 0 unspecified atom stereocenters. The highest BCUT2D eigenvalue weighted by atomic mass is 16.5. The molecule has 1 heterocycles. The van der Waals surface area contributed by atoms with Crippen LogP contribution in [0.4, 0.5) is 5.88 Å². The van der Waals surface area contributed by atoms with Gasteiger partial charge in [0, 0.05) is 10.8 Å². The minimum atomic E-state index is -0.481. The SMILES string of the molecule is CCOC(=O)c1oc(N)c2ccccc12. The molecule has 1 aromatic heterocycles. The summed E-state index contributed by atoms with van der Waals surface area (Å²) in [4.78, 5) is 11.5. The van der Waals surface area contributed by atoms with E-state index in [1.165, 1.54) is 0 Å². The second kappa shape index (κ2) is 3.65. The molecule has 78 valence electrons. The topological polar surface area (TPSA) is 65.5 Å². The molecule has 0 aliphatic carbocycles. The highest BCUT2D eigenvalue weighted by molar-refractivity contribution is 6.05. The van der Waals surface area contributed by atoms with Crippen LogP contribution < -0.4 is 5.73 Å². The number of carbonyl (C=O) groups is 1. The predicted octanol–water partition coefficient (Wildman–Crippen LogP) is 2.19. The Morgan fingerprint density at radius 1 is 1.40 bits per heavy atom. The maximum atomic E-state index is 11.5. The molecule has 0 bridgehead atoms. The Labute approximate surface area is 86.6 Å². The lowest BCUT2D eigenvalue weighted by Gasteiger charge is -1.97. The molecular formula is C11H11NO3. The number of hydrogen-bond donors (Lipinski definition) is 1. The van der Waals surface area contributed by atoms with Gasteiger partial charge in [-0.15, -0.1) is 0 Å². The van der Waals surface area contributed by atoms with Crippen LogP contribution in [0.2, 0.25) is 0 Å². The van der Waals surface area contributed by atoms with Crippen molar-refractivity contribution in [1.29, 1.82) is 0 Å². The summed E-state index contributed by atoms with van der Waals surface area (Å²) in [5, 5.41) is 1.43. The molecule has 15 heavy (non-hydrogen) atoms. The lowest BCUT2D eigenvalue weighted by Crippen LogP contribution is -2.03. The van der Waals surface area contributed by atoms with Gasteiger partial charge in [-0.05, 0) is 13.0 Å². The highest BCUT2D eigenvalue weighted by Crippen LogP contribution is 2.28. The van der Waals surface area contributed by atoms with E-state index < -0.39 is 5.97 Å². The number of nitrogen functional groups attached to an aromatic ring is 1. The van der Waals surface area contributed by atoms with Gasteiger partial charge < -0.3 is 14.9 Å². The molecule has 2 rings (SSSR count). The average Bonchev–Trinajstić information content (AvgIpc) is 2.58. The van der Waals surface area contributed by atoms with Gasteiger partial charge in [-0.3, -0.25) is 0 Å². The highest BCUT2D eigenvalue weighted by Gasteiger charge is 2.18. The van der Waals surface area contributed by atoms with Gasteiger partial charge >= 0.3 is 5.97 Å². The van der Waals surface area contributed by atoms with Crippen LogP contribution in [-0.4, -0.2) is 12.6 Å². The van der Waals surface area contributed by atoms with E-state index in [9.17, 15) is 4.79 Å². The van der Waals surface area contributed by atoms with Crippen LogP contribution in [0.5, 0.6) is 0 Å². The summed E-state index contributed by atoms with van der Waals surface area (Å²) in [7, 11) is 0. The van der Waals surface area contributed by atoms with E-state index >= 15 is 0 Å². The third kappa shape index (κ3) is 1.54. The van der Waals surface area contributed by atoms with Crippen LogP contribution >= 0.6 is 0 Å². The van der Waals surface area contributed by atoms with Crippen LogP contribution in [0.1, 0.15) is 17.5 Å². The maximum absolute atomic E-state index is 11.5. The lowest BCUT2D eigenvalue weighted by molar-refractivity contribution is 0.0494. The fourth-order valence-electron chi connectivity index (χ4n) is 1.46. The molecule has 0 fully saturated rings. The monoisotopic (exact) mass is 205 g/mol. The quantitative estimate of drug-likeness (QED) is 0.763. The second-order valence-corrected chi connectivity index (χ2v) is 3.06. The van der Waals surface area contributed by atoms with Crippen molar-refractivity contribution in [2.24, 2.45) is 0 Å². The zero-order chi connectivity index (χ0) is 10.8. The summed E-state index contributed by atoms with van der Waals surface area (Å²) in [6.45, 7) is 2.06. The zero-order valence-electron chi connectivity index (χ0n) is 8.32. The van der Waals surface area contributed by atoms with Crippen molar-refractivity contribution in [2.75, 3.05) is 12.3 Å². The Morgan fingerprint density at radius 2 is 2.07 bits per heavy atom. The summed E-state index contributed by atoms with van der Waals surface area (Å²) in [6.07, 6.45) is 0. The maximum Gasteiger partial charge on any atom is 0.374 e. The third-order valence-corrected chi connectivity index (χ3v) is 2.11. The van der Waals surface area contributed by atoms with Crippen LogP contribution in [-0.2, 0) is 4.74 Å². The molecule has 0 saturated carbocycles. The first-order valence-corrected chi connectivity index (χ1v) is 4.68. The molecule has 0 aliphatic rings. The first kappa shape index (κ1) is 9.58. The molecule has 2 N–H and O–H groups in total. The molecule has 0 aliphatic heterocycles. The number of nitrogens with two attached hydrogens (primary N) is 1. The normalized spacial score (nSPS) is 10.5. The molecule has 4 heteroatoms. The minimum absolute atomic E-state index is 0.171. The fourth-order valence-corrected chi connectivity index (χ4v) is 1.46. The van der Waals surface area contributed by atoms with Crippen molar-refractivity contribution >= 4 is 22.6 Å². The van der Waals surface area contributed by atoms with Gasteiger partial charge in [-0.25, -0.2) is 4.79 Å². The van der Waals surface area contributed by atoms with Crippen LogP contribution in [0, 0.1) is 0 Å². The van der Waals surface area contributed by atoms with Gasteiger partial charge in [0.15, 0.2) is 5.88 Å². The second-order valence-electron chi connectivity index (χ2n) is 3.06. The zero-order valence-corrected chi connectivity index (χ0v) is 8.32. The number of esters is 1. The van der Waals surface area contributed by atoms with Gasteiger partial charge in [0.1, 0.15) is 0 Å². The van der Waals surface area contributed by atoms with E-state index in [-0.39, 0.29) is 11.6 Å². The lowest BCUT2D eigenvalue weighted by atomic mass is 10.2. The van der Waals surface area contributed by atoms with Crippen molar-refractivity contribution in [1.82, 2.24) is 0 Å². The Bertz CT molecular complexity index is 502. The van der Waals surface area contributed by atoms with Crippen molar-refractivity contribution in [3.05, 3.63) is 30.0 Å². The fraction of sp³-hybridized carbons (Fsp3) is 0.182.